The Labute approximate surface area is 93.6 Å². The Kier molecular flexibility index (Phi) is 4.42. The average molecular weight is 226 g/mol. The lowest BCUT2D eigenvalue weighted by atomic mass is 10.2. The smallest absolute Gasteiger partial charge is 0.338 e. The van der Waals surface area contributed by atoms with Gasteiger partial charge in [0.1, 0.15) is 0 Å². The highest BCUT2D eigenvalue weighted by Crippen LogP contribution is 2.02. The van der Waals surface area contributed by atoms with E-state index in [4.69, 9.17) is 17.3 Å². The second-order valence-electron chi connectivity index (χ2n) is 3.33. The summed E-state index contributed by atoms with van der Waals surface area (Å²) >= 11 is 5.01. The molecule has 0 unspecified atom stereocenters. The summed E-state index contributed by atoms with van der Waals surface area (Å²) in [5.74, 6) is -0.971. The quantitative estimate of drug-likeness (QED) is 0.619. The molecule has 0 atom stereocenters. The summed E-state index contributed by atoms with van der Waals surface area (Å²) in [6.07, 6.45) is 6.07. The van der Waals surface area contributed by atoms with Crippen molar-refractivity contribution in [2.75, 3.05) is 0 Å². The standard InChI is InChI=1S/C10H14N2O2S/c1-2-3-4-5-12-7-8(9(13)14)6-11-10(12)15/h6-7H,2-5H2,1H3,(H,13,14). The van der Waals surface area contributed by atoms with Crippen LogP contribution in [0.1, 0.15) is 36.5 Å². The monoisotopic (exact) mass is 226 g/mol. The first kappa shape index (κ1) is 11.8. The van der Waals surface area contributed by atoms with Gasteiger partial charge in [0.05, 0.1) is 5.56 Å². The van der Waals surface area contributed by atoms with E-state index >= 15 is 0 Å². The van der Waals surface area contributed by atoms with Gasteiger partial charge in [-0.1, -0.05) is 19.8 Å². The second-order valence-corrected chi connectivity index (χ2v) is 3.70. The Hall–Kier alpha value is -1.23. The first-order valence-electron chi connectivity index (χ1n) is 4.95. The minimum atomic E-state index is -0.971. The van der Waals surface area contributed by atoms with Crippen molar-refractivity contribution in [1.82, 2.24) is 9.55 Å². The molecule has 0 saturated carbocycles. The predicted molar refractivity (Wildman–Crippen MR) is 59.5 cm³/mol. The molecule has 1 aromatic rings. The van der Waals surface area contributed by atoms with Crippen molar-refractivity contribution < 1.29 is 9.90 Å². The highest BCUT2D eigenvalue weighted by Gasteiger charge is 2.04. The molecule has 1 heterocycles. The van der Waals surface area contributed by atoms with Crippen molar-refractivity contribution >= 4 is 18.2 Å². The van der Waals surface area contributed by atoms with Gasteiger partial charge in [0.25, 0.3) is 0 Å². The van der Waals surface area contributed by atoms with Crippen LogP contribution in [0.4, 0.5) is 0 Å². The van der Waals surface area contributed by atoms with Crippen molar-refractivity contribution in [2.24, 2.45) is 0 Å². The maximum Gasteiger partial charge on any atom is 0.338 e. The van der Waals surface area contributed by atoms with Crippen molar-refractivity contribution in [2.45, 2.75) is 32.7 Å². The number of carboxylic acid groups (broad SMARTS) is 1. The van der Waals surface area contributed by atoms with Crippen LogP contribution < -0.4 is 0 Å². The number of rotatable bonds is 5. The summed E-state index contributed by atoms with van der Waals surface area (Å²) in [4.78, 5) is 14.6. The highest BCUT2D eigenvalue weighted by molar-refractivity contribution is 7.71. The van der Waals surface area contributed by atoms with Crippen LogP contribution >= 0.6 is 12.2 Å². The zero-order valence-corrected chi connectivity index (χ0v) is 9.46. The minimum absolute atomic E-state index is 0.181. The van der Waals surface area contributed by atoms with Crippen LogP contribution in [0.5, 0.6) is 0 Å². The van der Waals surface area contributed by atoms with Crippen LogP contribution in [0.15, 0.2) is 12.4 Å². The summed E-state index contributed by atoms with van der Waals surface area (Å²) in [6.45, 7) is 2.85. The summed E-state index contributed by atoms with van der Waals surface area (Å²) < 4.78 is 2.16. The van der Waals surface area contributed by atoms with Crippen molar-refractivity contribution in [3.8, 4) is 0 Å². The normalized spacial score (nSPS) is 10.2. The summed E-state index contributed by atoms with van der Waals surface area (Å²) in [5, 5.41) is 8.78. The lowest BCUT2D eigenvalue weighted by molar-refractivity contribution is 0.0695. The van der Waals surface area contributed by atoms with E-state index in [2.05, 4.69) is 11.9 Å². The Morgan fingerprint density at radius 1 is 1.60 bits per heavy atom. The van der Waals surface area contributed by atoms with Gasteiger partial charge in [-0.05, 0) is 18.6 Å². The molecule has 0 aliphatic rings. The summed E-state index contributed by atoms with van der Waals surface area (Å²) in [6, 6.07) is 0. The summed E-state index contributed by atoms with van der Waals surface area (Å²) in [7, 11) is 0. The molecule has 4 nitrogen and oxygen atoms in total. The fourth-order valence-electron chi connectivity index (χ4n) is 1.26. The van der Waals surface area contributed by atoms with Crippen LogP contribution in [0, 0.1) is 4.77 Å². The van der Waals surface area contributed by atoms with E-state index in [0.717, 1.165) is 25.8 Å². The fraction of sp³-hybridized carbons (Fsp3) is 0.500. The van der Waals surface area contributed by atoms with Crippen LogP contribution in [0.3, 0.4) is 0 Å². The molecule has 82 valence electrons. The summed E-state index contributed by atoms with van der Waals surface area (Å²) in [5.41, 5.74) is 0.181. The third-order valence-electron chi connectivity index (χ3n) is 2.10. The van der Waals surface area contributed by atoms with Gasteiger partial charge in [0, 0.05) is 18.9 Å². The van der Waals surface area contributed by atoms with Gasteiger partial charge in [-0.25, -0.2) is 9.78 Å². The average Bonchev–Trinajstić information content (AvgIpc) is 2.20. The third-order valence-corrected chi connectivity index (χ3v) is 2.44. The van der Waals surface area contributed by atoms with Crippen molar-refractivity contribution in [3.63, 3.8) is 0 Å². The van der Waals surface area contributed by atoms with Gasteiger partial charge < -0.3 is 9.67 Å². The second kappa shape index (κ2) is 5.60. The zero-order valence-electron chi connectivity index (χ0n) is 8.64. The highest BCUT2D eigenvalue weighted by atomic mass is 32.1. The number of carbonyl (C=O) groups is 1. The van der Waals surface area contributed by atoms with Crippen LogP contribution in [0.2, 0.25) is 0 Å². The lowest BCUT2D eigenvalue weighted by Gasteiger charge is -2.06. The van der Waals surface area contributed by atoms with Crippen molar-refractivity contribution in [3.05, 3.63) is 22.7 Å². The molecule has 0 radical (unpaired) electrons. The number of unbranched alkanes of at least 4 members (excludes halogenated alkanes) is 2. The third kappa shape index (κ3) is 3.43. The predicted octanol–water partition coefficient (Wildman–Crippen LogP) is 2.50. The zero-order chi connectivity index (χ0) is 11.3. The molecule has 0 aliphatic carbocycles. The van der Waals surface area contributed by atoms with E-state index in [1.165, 1.54) is 6.20 Å². The number of hydrogen-bond acceptors (Lipinski definition) is 3. The van der Waals surface area contributed by atoms with E-state index < -0.39 is 5.97 Å². The van der Waals surface area contributed by atoms with Gasteiger partial charge in [-0.15, -0.1) is 0 Å². The van der Waals surface area contributed by atoms with Crippen LogP contribution in [-0.2, 0) is 6.54 Å². The SMILES string of the molecule is CCCCCn1cc(C(=O)O)cnc1=S. The van der Waals surface area contributed by atoms with Crippen molar-refractivity contribution in [1.29, 1.82) is 0 Å². The van der Waals surface area contributed by atoms with E-state index in [9.17, 15) is 4.79 Å². The number of carboxylic acids is 1. The van der Waals surface area contributed by atoms with Gasteiger partial charge in [-0.2, -0.15) is 0 Å². The number of nitrogens with zero attached hydrogens (tertiary/aromatic N) is 2. The Balaban J connectivity index is 2.81. The van der Waals surface area contributed by atoms with Crippen LogP contribution in [-0.4, -0.2) is 20.6 Å². The lowest BCUT2D eigenvalue weighted by Crippen LogP contribution is -2.07. The fourth-order valence-corrected chi connectivity index (χ4v) is 1.45. The Morgan fingerprint density at radius 3 is 2.93 bits per heavy atom. The van der Waals surface area contributed by atoms with Crippen LogP contribution in [0.25, 0.3) is 0 Å². The van der Waals surface area contributed by atoms with E-state index in [-0.39, 0.29) is 5.56 Å². The van der Waals surface area contributed by atoms with Gasteiger partial charge >= 0.3 is 5.97 Å². The molecule has 0 aliphatic heterocycles. The first-order valence-corrected chi connectivity index (χ1v) is 5.35. The molecular formula is C10H14N2O2S. The Bertz CT molecular complexity index is 401. The molecule has 0 saturated heterocycles. The molecule has 0 amide bonds. The molecule has 0 aromatic carbocycles. The Morgan fingerprint density at radius 2 is 2.33 bits per heavy atom. The molecule has 1 N–H and O–H groups in total. The number of hydrogen-bond donors (Lipinski definition) is 1. The largest absolute Gasteiger partial charge is 0.478 e. The maximum absolute atomic E-state index is 10.7. The van der Waals surface area contributed by atoms with E-state index in [1.54, 1.807) is 10.8 Å². The minimum Gasteiger partial charge on any atom is -0.478 e. The first-order chi connectivity index (χ1) is 7.15. The molecule has 1 rings (SSSR count). The van der Waals surface area contributed by atoms with Gasteiger partial charge in [0.2, 0.25) is 0 Å². The topological polar surface area (TPSA) is 55.1 Å². The molecule has 0 spiro atoms. The van der Waals surface area contributed by atoms with E-state index in [1.807, 2.05) is 0 Å². The van der Waals surface area contributed by atoms with Gasteiger partial charge in [0.15, 0.2) is 4.77 Å². The molecule has 5 heteroatoms. The molecule has 15 heavy (non-hydrogen) atoms. The molecule has 0 fully saturated rings. The maximum atomic E-state index is 10.7. The van der Waals surface area contributed by atoms with E-state index in [0.29, 0.717) is 4.77 Å². The number of aryl methyl sites for hydroxylation is 1. The molecule has 0 bridgehead atoms. The molecular weight excluding hydrogens is 212 g/mol. The molecule has 1 aromatic heterocycles. The number of aromatic nitrogens is 2. The number of aromatic carboxylic acids is 1. The van der Waals surface area contributed by atoms with Gasteiger partial charge in [-0.3, -0.25) is 0 Å².